The van der Waals surface area contributed by atoms with Crippen LogP contribution < -0.4 is 5.32 Å². The lowest BCUT2D eigenvalue weighted by Crippen LogP contribution is -2.23. The van der Waals surface area contributed by atoms with E-state index in [2.05, 4.69) is 30.5 Å². The fourth-order valence-corrected chi connectivity index (χ4v) is 3.55. The van der Waals surface area contributed by atoms with Gasteiger partial charge in [-0.15, -0.1) is 0 Å². The van der Waals surface area contributed by atoms with Gasteiger partial charge in [-0.2, -0.15) is 15.2 Å². The molecule has 4 aromatic heterocycles. The number of nitrogens with one attached hydrogen (secondary N) is 1. The van der Waals surface area contributed by atoms with E-state index in [0.717, 1.165) is 39.7 Å². The van der Waals surface area contributed by atoms with E-state index in [4.69, 9.17) is 0 Å². The number of hydrogen-bond donors (Lipinski definition) is 1. The Labute approximate surface area is 174 Å². The predicted octanol–water partition coefficient (Wildman–Crippen LogP) is 2.19. The Morgan fingerprint density at radius 3 is 2.67 bits per heavy atom. The molecule has 0 aliphatic rings. The van der Waals surface area contributed by atoms with Crippen molar-refractivity contribution in [3.05, 3.63) is 64.6 Å². The zero-order valence-corrected chi connectivity index (χ0v) is 17.5. The molecule has 0 radical (unpaired) electrons. The molecule has 4 rings (SSSR count). The molecule has 1 N–H and O–H groups in total. The van der Waals surface area contributed by atoms with E-state index < -0.39 is 0 Å². The summed E-state index contributed by atoms with van der Waals surface area (Å²) in [5, 5.41) is 11.6. The largest absolute Gasteiger partial charge is 0.352 e. The van der Waals surface area contributed by atoms with E-state index in [1.807, 2.05) is 50.6 Å². The van der Waals surface area contributed by atoms with Crippen LogP contribution in [0.1, 0.15) is 40.3 Å². The second kappa shape index (κ2) is 8.02. The standard InChI is InChI=1S/C21H24N8O/c1-13-9-14(2)28(27-13)19-7-5-17(10-22-19)11-23-20(30)8-6-18-15(3)26-21-24-12-25-29(21)16(18)4/h5,7,9-10,12H,6,8,11H2,1-4H3,(H,23,30). The van der Waals surface area contributed by atoms with Crippen molar-refractivity contribution in [2.75, 3.05) is 0 Å². The molecule has 0 saturated heterocycles. The smallest absolute Gasteiger partial charge is 0.252 e. The van der Waals surface area contributed by atoms with Gasteiger partial charge in [0, 0.05) is 36.2 Å². The number of pyridine rings is 1. The van der Waals surface area contributed by atoms with Gasteiger partial charge in [0.1, 0.15) is 6.33 Å². The Balaban J connectivity index is 1.35. The molecule has 0 fully saturated rings. The highest BCUT2D eigenvalue weighted by Crippen LogP contribution is 2.15. The van der Waals surface area contributed by atoms with E-state index in [1.165, 1.54) is 6.33 Å². The van der Waals surface area contributed by atoms with Crippen molar-refractivity contribution >= 4 is 11.7 Å². The molecule has 4 aromatic rings. The van der Waals surface area contributed by atoms with Crippen molar-refractivity contribution in [2.45, 2.75) is 47.1 Å². The van der Waals surface area contributed by atoms with Gasteiger partial charge < -0.3 is 5.32 Å². The number of aromatic nitrogens is 7. The van der Waals surface area contributed by atoms with Gasteiger partial charge in [-0.1, -0.05) is 6.07 Å². The Morgan fingerprint density at radius 1 is 1.13 bits per heavy atom. The van der Waals surface area contributed by atoms with Crippen LogP contribution in [0.25, 0.3) is 11.6 Å². The fraction of sp³-hybridized carbons (Fsp3) is 0.333. The molecule has 0 aromatic carbocycles. The number of nitrogens with zero attached hydrogens (tertiary/aromatic N) is 7. The van der Waals surface area contributed by atoms with Crippen molar-refractivity contribution in [3.63, 3.8) is 0 Å². The molecule has 0 bridgehead atoms. The Kier molecular flexibility index (Phi) is 5.26. The van der Waals surface area contributed by atoms with Gasteiger partial charge in [-0.25, -0.2) is 19.2 Å². The number of rotatable bonds is 6. The van der Waals surface area contributed by atoms with Crippen molar-refractivity contribution < 1.29 is 4.79 Å². The average molecular weight is 404 g/mol. The zero-order valence-electron chi connectivity index (χ0n) is 17.5. The second-order valence-corrected chi connectivity index (χ2v) is 7.37. The number of aryl methyl sites for hydroxylation is 4. The van der Waals surface area contributed by atoms with Gasteiger partial charge in [0.25, 0.3) is 5.78 Å². The van der Waals surface area contributed by atoms with Gasteiger partial charge in [0.2, 0.25) is 5.91 Å². The molecule has 0 aliphatic heterocycles. The zero-order chi connectivity index (χ0) is 21.3. The van der Waals surface area contributed by atoms with Crippen LogP contribution in [-0.4, -0.2) is 40.3 Å². The third kappa shape index (κ3) is 3.91. The molecule has 1 amide bonds. The maximum Gasteiger partial charge on any atom is 0.252 e. The third-order valence-electron chi connectivity index (χ3n) is 5.12. The molecule has 4 heterocycles. The molecule has 0 aliphatic carbocycles. The summed E-state index contributed by atoms with van der Waals surface area (Å²) in [4.78, 5) is 25.4. The van der Waals surface area contributed by atoms with E-state index in [0.29, 0.717) is 25.2 Å². The highest BCUT2D eigenvalue weighted by molar-refractivity contribution is 5.76. The summed E-state index contributed by atoms with van der Waals surface area (Å²) >= 11 is 0. The van der Waals surface area contributed by atoms with Crippen LogP contribution in [0.15, 0.2) is 30.7 Å². The third-order valence-corrected chi connectivity index (χ3v) is 5.12. The second-order valence-electron chi connectivity index (χ2n) is 7.37. The molecule has 9 heteroatoms. The van der Waals surface area contributed by atoms with E-state index in [1.54, 1.807) is 10.7 Å². The molecule has 0 atom stereocenters. The lowest BCUT2D eigenvalue weighted by atomic mass is 10.1. The Hall–Kier alpha value is -3.62. The van der Waals surface area contributed by atoms with Gasteiger partial charge in [-0.3, -0.25) is 4.79 Å². The van der Waals surface area contributed by atoms with Gasteiger partial charge in [0.05, 0.1) is 5.69 Å². The maximum absolute atomic E-state index is 12.4. The summed E-state index contributed by atoms with van der Waals surface area (Å²) in [7, 11) is 0. The summed E-state index contributed by atoms with van der Waals surface area (Å²) in [6.07, 6.45) is 4.23. The van der Waals surface area contributed by atoms with E-state index in [-0.39, 0.29) is 5.91 Å². The highest BCUT2D eigenvalue weighted by Gasteiger charge is 2.12. The number of carbonyl (C=O) groups is 1. The summed E-state index contributed by atoms with van der Waals surface area (Å²) < 4.78 is 3.51. The number of amides is 1. The Morgan fingerprint density at radius 2 is 1.97 bits per heavy atom. The maximum atomic E-state index is 12.4. The van der Waals surface area contributed by atoms with E-state index >= 15 is 0 Å². The minimum Gasteiger partial charge on any atom is -0.352 e. The normalized spacial score (nSPS) is 11.2. The molecule has 30 heavy (non-hydrogen) atoms. The van der Waals surface area contributed by atoms with Crippen LogP contribution >= 0.6 is 0 Å². The van der Waals surface area contributed by atoms with Crippen molar-refractivity contribution in [3.8, 4) is 5.82 Å². The summed E-state index contributed by atoms with van der Waals surface area (Å²) in [5.41, 5.74) is 5.79. The monoisotopic (exact) mass is 404 g/mol. The molecule has 9 nitrogen and oxygen atoms in total. The molecule has 154 valence electrons. The highest BCUT2D eigenvalue weighted by atomic mass is 16.1. The lowest BCUT2D eigenvalue weighted by molar-refractivity contribution is -0.121. The van der Waals surface area contributed by atoms with Crippen LogP contribution in [0, 0.1) is 27.7 Å². The lowest BCUT2D eigenvalue weighted by Gasteiger charge is -2.11. The first kappa shape index (κ1) is 19.7. The average Bonchev–Trinajstić information content (AvgIpc) is 3.32. The first-order valence-corrected chi connectivity index (χ1v) is 9.83. The number of hydrogen-bond acceptors (Lipinski definition) is 6. The van der Waals surface area contributed by atoms with Gasteiger partial charge in [0.15, 0.2) is 5.82 Å². The van der Waals surface area contributed by atoms with Crippen molar-refractivity contribution in [1.29, 1.82) is 0 Å². The van der Waals surface area contributed by atoms with Crippen molar-refractivity contribution in [1.82, 2.24) is 39.7 Å². The summed E-state index contributed by atoms with van der Waals surface area (Å²) in [5.74, 6) is 1.32. The van der Waals surface area contributed by atoms with Gasteiger partial charge in [-0.05, 0) is 57.4 Å². The SMILES string of the molecule is Cc1cc(C)n(-c2ccc(CNC(=O)CCc3c(C)nc4ncnn4c3C)cn2)n1. The van der Waals surface area contributed by atoms with Crippen LogP contribution in [0.4, 0.5) is 0 Å². The Bertz CT molecular complexity index is 1210. The predicted molar refractivity (Wildman–Crippen MR) is 111 cm³/mol. The van der Waals surface area contributed by atoms with Crippen molar-refractivity contribution in [2.24, 2.45) is 0 Å². The van der Waals surface area contributed by atoms with Crippen LogP contribution in [-0.2, 0) is 17.8 Å². The molecular formula is C21H24N8O. The molecule has 0 saturated carbocycles. The molecule has 0 unspecified atom stereocenters. The minimum atomic E-state index is -0.0184. The molecular weight excluding hydrogens is 380 g/mol. The number of fused-ring (bicyclic) bond motifs is 1. The molecule has 0 spiro atoms. The first-order chi connectivity index (χ1) is 14.4. The summed E-state index contributed by atoms with van der Waals surface area (Å²) in [6, 6.07) is 5.87. The topological polar surface area (TPSA) is 103 Å². The van der Waals surface area contributed by atoms with E-state index in [9.17, 15) is 4.79 Å². The summed E-state index contributed by atoms with van der Waals surface area (Å²) in [6.45, 7) is 8.29. The first-order valence-electron chi connectivity index (χ1n) is 9.83. The van der Waals surface area contributed by atoms with Gasteiger partial charge >= 0.3 is 0 Å². The van der Waals surface area contributed by atoms with Crippen LogP contribution in [0.5, 0.6) is 0 Å². The van der Waals surface area contributed by atoms with Crippen LogP contribution in [0.3, 0.4) is 0 Å². The number of carbonyl (C=O) groups excluding carboxylic acids is 1. The van der Waals surface area contributed by atoms with Crippen LogP contribution in [0.2, 0.25) is 0 Å². The minimum absolute atomic E-state index is 0.0184. The fourth-order valence-electron chi connectivity index (χ4n) is 3.55. The quantitative estimate of drug-likeness (QED) is 0.528.